The summed E-state index contributed by atoms with van der Waals surface area (Å²) in [6.45, 7) is 4.35. The molecule has 0 bridgehead atoms. The average molecular weight is 1290 g/mol. The monoisotopic (exact) mass is 1280 g/mol. The van der Waals surface area contributed by atoms with Crippen molar-refractivity contribution < 1.29 is 49.3 Å². The Kier molecular flexibility index (Phi) is 65.7. The van der Waals surface area contributed by atoms with Crippen molar-refractivity contribution in [3.05, 3.63) is 48.6 Å². The van der Waals surface area contributed by atoms with Gasteiger partial charge in [0.15, 0.2) is 6.29 Å². The number of carbonyl (C=O) groups is 2. The predicted octanol–water partition coefficient (Wildman–Crippen LogP) is 21.1. The molecule has 0 saturated carbocycles. The maximum Gasteiger partial charge on any atom is 0.305 e. The number of aliphatic hydroxyl groups excluding tert-OH is 5. The normalized spacial score (nSPS) is 17.8. The molecule has 1 aliphatic heterocycles. The summed E-state index contributed by atoms with van der Waals surface area (Å²) < 4.78 is 16.8. The zero-order valence-corrected chi connectivity index (χ0v) is 59.6. The highest BCUT2D eigenvalue weighted by Crippen LogP contribution is 2.24. The van der Waals surface area contributed by atoms with Crippen LogP contribution in [0.5, 0.6) is 0 Å². The quantitative estimate of drug-likeness (QED) is 0.0195. The Hall–Kier alpha value is -2.38. The highest BCUT2D eigenvalue weighted by Gasteiger charge is 2.44. The molecule has 1 saturated heterocycles. The largest absolute Gasteiger partial charge is 0.466 e. The molecule has 7 atom stereocenters. The van der Waals surface area contributed by atoms with Gasteiger partial charge in [-0.3, -0.25) is 9.59 Å². The number of rotatable bonds is 70. The van der Waals surface area contributed by atoms with Gasteiger partial charge in [0.05, 0.1) is 32.0 Å². The number of hydrogen-bond donors (Lipinski definition) is 6. The third-order valence-corrected chi connectivity index (χ3v) is 18.7. The summed E-state index contributed by atoms with van der Waals surface area (Å²) in [7, 11) is 0. The van der Waals surface area contributed by atoms with Gasteiger partial charge in [0.1, 0.15) is 24.4 Å². The van der Waals surface area contributed by atoms with E-state index in [9.17, 15) is 35.1 Å². The summed E-state index contributed by atoms with van der Waals surface area (Å²) in [5.74, 6) is -0.174. The second-order valence-electron chi connectivity index (χ2n) is 27.4. The molecule has 0 radical (unpaired) electrons. The van der Waals surface area contributed by atoms with Crippen LogP contribution in [0.1, 0.15) is 386 Å². The molecule has 0 aliphatic carbocycles. The first-order chi connectivity index (χ1) is 44.7. The number of aliphatic hydroxyl groups is 5. The van der Waals surface area contributed by atoms with E-state index in [1.54, 1.807) is 6.08 Å². The van der Waals surface area contributed by atoms with Gasteiger partial charge >= 0.3 is 5.97 Å². The standard InChI is InChI=1S/C80H149NO10/c1-3-5-7-9-11-13-15-16-40-43-47-50-54-58-62-66-73(83)72(71-90-80-79(88)78(87)77(86)74(70-82)91-80)81-75(84)67-63-59-55-51-48-44-41-38-36-34-32-30-28-26-24-22-20-18-17-19-21-23-25-27-29-31-33-35-37-39-42-45-49-53-57-61-65-69-89-76(85)68-64-60-56-52-46-14-12-10-8-6-4-2/h10,12,17,19,23,25,62,66,72-74,77-80,82-83,86-88H,3-9,11,13-16,18,20-22,24,26-61,63-65,67-71H2,1-2H3,(H,81,84)/b12-10-,19-17-,25-23-,66-62+. The lowest BCUT2D eigenvalue weighted by Gasteiger charge is -2.40. The molecule has 534 valence electrons. The van der Waals surface area contributed by atoms with Crippen molar-refractivity contribution in [1.29, 1.82) is 0 Å². The molecule has 0 spiro atoms. The number of nitrogens with one attached hydrogen (secondary N) is 1. The minimum absolute atomic E-state index is 0.00167. The zero-order chi connectivity index (χ0) is 65.8. The third-order valence-electron chi connectivity index (χ3n) is 18.7. The van der Waals surface area contributed by atoms with Crippen LogP contribution in [0.4, 0.5) is 0 Å². The predicted molar refractivity (Wildman–Crippen MR) is 384 cm³/mol. The fourth-order valence-electron chi connectivity index (χ4n) is 12.5. The van der Waals surface area contributed by atoms with Gasteiger partial charge in [0.25, 0.3) is 0 Å². The summed E-state index contributed by atoms with van der Waals surface area (Å²) >= 11 is 0. The molecule has 11 nitrogen and oxygen atoms in total. The van der Waals surface area contributed by atoms with Crippen LogP contribution in [0.25, 0.3) is 0 Å². The van der Waals surface area contributed by atoms with E-state index < -0.39 is 49.5 Å². The number of carbonyl (C=O) groups excluding carboxylic acids is 2. The van der Waals surface area contributed by atoms with E-state index in [1.807, 2.05) is 6.08 Å². The fourth-order valence-corrected chi connectivity index (χ4v) is 12.5. The van der Waals surface area contributed by atoms with E-state index in [-0.39, 0.29) is 18.5 Å². The lowest BCUT2D eigenvalue weighted by molar-refractivity contribution is -0.302. The number of amides is 1. The molecule has 6 N–H and O–H groups in total. The lowest BCUT2D eigenvalue weighted by atomic mass is 9.99. The van der Waals surface area contributed by atoms with Crippen molar-refractivity contribution in [3.8, 4) is 0 Å². The highest BCUT2D eigenvalue weighted by molar-refractivity contribution is 5.76. The van der Waals surface area contributed by atoms with Gasteiger partial charge in [-0.15, -0.1) is 0 Å². The Labute approximate surface area is 561 Å². The molecule has 1 rings (SSSR count). The first-order valence-electron chi connectivity index (χ1n) is 39.4. The molecular weight excluding hydrogens is 1130 g/mol. The Morgan fingerprint density at radius 1 is 0.407 bits per heavy atom. The SMILES string of the molecule is CCCC/C=C\CCCCCCCC(=O)OCCCCCCCCCCCCCCC/C=C\C/C=C\CCCCCCCCCCCCCCCCCCCC(=O)NC(COC1OC(CO)C(O)C(O)C1O)C(O)/C=C/CCCCCCCCCCCCCCC. The number of allylic oxidation sites excluding steroid dienone is 7. The summed E-state index contributed by atoms with van der Waals surface area (Å²) in [5.41, 5.74) is 0. The van der Waals surface area contributed by atoms with Gasteiger partial charge in [-0.2, -0.15) is 0 Å². The number of unbranched alkanes of at least 4 members (excludes halogenated alkanes) is 50. The van der Waals surface area contributed by atoms with Crippen molar-refractivity contribution >= 4 is 11.9 Å². The Morgan fingerprint density at radius 3 is 1.15 bits per heavy atom. The zero-order valence-electron chi connectivity index (χ0n) is 59.6. The average Bonchev–Trinajstić information content (AvgIpc) is 1.11. The van der Waals surface area contributed by atoms with Crippen molar-refractivity contribution in [1.82, 2.24) is 5.32 Å². The van der Waals surface area contributed by atoms with Crippen LogP contribution < -0.4 is 5.32 Å². The molecule has 91 heavy (non-hydrogen) atoms. The number of hydrogen-bond acceptors (Lipinski definition) is 10. The fraction of sp³-hybridized carbons (Fsp3) is 0.875. The van der Waals surface area contributed by atoms with Crippen molar-refractivity contribution in [2.45, 2.75) is 429 Å². The molecule has 11 heteroatoms. The maximum absolute atomic E-state index is 13.1. The van der Waals surface area contributed by atoms with Gasteiger partial charge in [-0.05, 0) is 83.5 Å². The van der Waals surface area contributed by atoms with Crippen LogP contribution in [0.3, 0.4) is 0 Å². The maximum atomic E-state index is 13.1. The van der Waals surface area contributed by atoms with E-state index >= 15 is 0 Å². The van der Waals surface area contributed by atoms with E-state index in [2.05, 4.69) is 55.6 Å². The van der Waals surface area contributed by atoms with Gasteiger partial charge < -0.3 is 45.1 Å². The molecule has 0 aromatic rings. The molecule has 0 aromatic heterocycles. The van der Waals surface area contributed by atoms with Gasteiger partial charge in [0.2, 0.25) is 5.91 Å². The van der Waals surface area contributed by atoms with E-state index in [1.165, 1.54) is 295 Å². The Balaban J connectivity index is 1.95. The molecule has 7 unspecified atom stereocenters. The number of ether oxygens (including phenoxy) is 3. The van der Waals surface area contributed by atoms with Crippen LogP contribution in [0.15, 0.2) is 48.6 Å². The Morgan fingerprint density at radius 2 is 0.747 bits per heavy atom. The third kappa shape index (κ3) is 57.6. The molecule has 1 heterocycles. The first-order valence-corrected chi connectivity index (χ1v) is 39.4. The molecule has 1 amide bonds. The number of esters is 1. The second kappa shape index (κ2) is 69.0. The smallest absolute Gasteiger partial charge is 0.305 e. The van der Waals surface area contributed by atoms with Crippen molar-refractivity contribution in [3.63, 3.8) is 0 Å². The first kappa shape index (κ1) is 86.6. The van der Waals surface area contributed by atoms with Crippen molar-refractivity contribution in [2.75, 3.05) is 19.8 Å². The van der Waals surface area contributed by atoms with Gasteiger partial charge in [-0.1, -0.05) is 339 Å². The van der Waals surface area contributed by atoms with E-state index in [0.29, 0.717) is 19.4 Å². The minimum Gasteiger partial charge on any atom is -0.466 e. The van der Waals surface area contributed by atoms with Crippen molar-refractivity contribution in [2.24, 2.45) is 0 Å². The van der Waals surface area contributed by atoms with Crippen LogP contribution in [-0.2, 0) is 23.8 Å². The second-order valence-corrected chi connectivity index (χ2v) is 27.4. The molecule has 1 fully saturated rings. The lowest BCUT2D eigenvalue weighted by Crippen LogP contribution is -2.60. The molecule has 0 aromatic carbocycles. The molecule has 1 aliphatic rings. The van der Waals surface area contributed by atoms with Crippen LogP contribution in [0, 0.1) is 0 Å². The van der Waals surface area contributed by atoms with Crippen LogP contribution in [0.2, 0.25) is 0 Å². The Bertz CT molecular complexity index is 1650. The minimum atomic E-state index is -1.57. The van der Waals surface area contributed by atoms with Gasteiger partial charge in [-0.25, -0.2) is 0 Å². The van der Waals surface area contributed by atoms with E-state index in [0.717, 1.165) is 64.2 Å². The summed E-state index contributed by atoms with van der Waals surface area (Å²) in [5, 5.41) is 54.6. The summed E-state index contributed by atoms with van der Waals surface area (Å²) in [4.78, 5) is 25.1. The van der Waals surface area contributed by atoms with Crippen LogP contribution >= 0.6 is 0 Å². The summed E-state index contributed by atoms with van der Waals surface area (Å²) in [6.07, 6.45) is 81.3. The highest BCUT2D eigenvalue weighted by atomic mass is 16.7. The topological polar surface area (TPSA) is 175 Å². The van der Waals surface area contributed by atoms with E-state index in [4.69, 9.17) is 14.2 Å². The molecular formula is C80H149NO10. The van der Waals surface area contributed by atoms with Gasteiger partial charge in [0, 0.05) is 12.8 Å². The van der Waals surface area contributed by atoms with Crippen LogP contribution in [-0.4, -0.2) is 100 Å². The summed E-state index contributed by atoms with van der Waals surface area (Å²) in [6, 6.07) is -0.809.